The maximum absolute atomic E-state index is 12.6. The lowest BCUT2D eigenvalue weighted by Gasteiger charge is -2.14. The van der Waals surface area contributed by atoms with Crippen LogP contribution in [0, 0.1) is 0 Å². The van der Waals surface area contributed by atoms with Crippen molar-refractivity contribution in [1.29, 1.82) is 0 Å². The van der Waals surface area contributed by atoms with Crippen LogP contribution in [0.25, 0.3) is 0 Å². The number of ether oxygens (including phenoxy) is 1. The zero-order valence-electron chi connectivity index (χ0n) is 15.5. The third-order valence-corrected chi connectivity index (χ3v) is 4.11. The molecule has 0 saturated carbocycles. The number of benzene rings is 2. The predicted molar refractivity (Wildman–Crippen MR) is 105 cm³/mol. The molecular weight excluding hydrogens is 356 g/mol. The lowest BCUT2D eigenvalue weighted by atomic mass is 10.1. The zero-order valence-corrected chi connectivity index (χ0v) is 15.5. The first kappa shape index (κ1) is 19.0. The van der Waals surface area contributed by atoms with Crippen LogP contribution < -0.4 is 10.6 Å². The highest BCUT2D eigenvalue weighted by Gasteiger charge is 2.15. The van der Waals surface area contributed by atoms with Crippen molar-refractivity contribution in [3.63, 3.8) is 0 Å². The van der Waals surface area contributed by atoms with Crippen LogP contribution in [0.2, 0.25) is 0 Å². The average Bonchev–Trinajstić information content (AvgIpc) is 2.74. The van der Waals surface area contributed by atoms with Crippen molar-refractivity contribution < 1.29 is 14.3 Å². The van der Waals surface area contributed by atoms with E-state index in [1.165, 1.54) is 19.4 Å². The van der Waals surface area contributed by atoms with Crippen LogP contribution in [0.3, 0.4) is 0 Å². The van der Waals surface area contributed by atoms with E-state index in [0.717, 1.165) is 5.56 Å². The second kappa shape index (κ2) is 8.77. The van der Waals surface area contributed by atoms with Gasteiger partial charge in [-0.3, -0.25) is 4.79 Å². The molecule has 0 aliphatic heterocycles. The van der Waals surface area contributed by atoms with Gasteiger partial charge >= 0.3 is 5.97 Å². The van der Waals surface area contributed by atoms with Crippen LogP contribution in [0.5, 0.6) is 0 Å². The van der Waals surface area contributed by atoms with E-state index in [0.29, 0.717) is 11.3 Å². The van der Waals surface area contributed by atoms with Crippen molar-refractivity contribution in [2.75, 3.05) is 12.4 Å². The minimum atomic E-state index is -0.478. The molecular formula is C21H20N4O3. The van der Waals surface area contributed by atoms with Crippen molar-refractivity contribution in [3.8, 4) is 0 Å². The molecule has 1 atom stereocenters. The Morgan fingerprint density at radius 1 is 1.00 bits per heavy atom. The smallest absolute Gasteiger partial charge is 0.339 e. The summed E-state index contributed by atoms with van der Waals surface area (Å²) in [5.74, 6) is -0.590. The molecule has 0 fully saturated rings. The molecule has 1 aromatic heterocycles. The second-order valence-corrected chi connectivity index (χ2v) is 6.03. The number of hydrogen-bond acceptors (Lipinski definition) is 6. The molecule has 7 nitrogen and oxygen atoms in total. The normalized spacial score (nSPS) is 11.4. The summed E-state index contributed by atoms with van der Waals surface area (Å²) in [6.45, 7) is 1.90. The van der Waals surface area contributed by atoms with E-state index in [2.05, 4.69) is 20.6 Å². The Kier molecular flexibility index (Phi) is 5.96. The number of rotatable bonds is 6. The van der Waals surface area contributed by atoms with E-state index in [-0.39, 0.29) is 23.6 Å². The van der Waals surface area contributed by atoms with Crippen molar-refractivity contribution in [1.82, 2.24) is 15.3 Å². The maximum atomic E-state index is 12.6. The third-order valence-electron chi connectivity index (χ3n) is 4.11. The molecule has 2 N–H and O–H groups in total. The topological polar surface area (TPSA) is 93.2 Å². The van der Waals surface area contributed by atoms with Crippen molar-refractivity contribution in [3.05, 3.63) is 83.7 Å². The molecule has 3 rings (SSSR count). The van der Waals surface area contributed by atoms with Gasteiger partial charge in [0.15, 0.2) is 0 Å². The molecule has 0 radical (unpaired) electrons. The van der Waals surface area contributed by atoms with E-state index in [4.69, 9.17) is 4.74 Å². The Hall–Kier alpha value is -3.74. The molecule has 1 heterocycles. The van der Waals surface area contributed by atoms with Gasteiger partial charge in [0.2, 0.25) is 5.95 Å². The van der Waals surface area contributed by atoms with Crippen LogP contribution >= 0.6 is 0 Å². The van der Waals surface area contributed by atoms with E-state index in [1.807, 2.05) is 37.3 Å². The predicted octanol–water partition coefficient (Wildman–Crippen LogP) is 3.50. The standard InChI is InChI=1S/C21H20N4O3/c1-14(15-8-4-3-5-9-15)23-19(26)18-12-13-22-21(25-18)24-17-11-7-6-10-16(17)20(27)28-2/h3-14H,1-2H3,(H,23,26)(H,22,24,25). The number of anilines is 2. The number of carbonyl (C=O) groups excluding carboxylic acids is 2. The van der Waals surface area contributed by atoms with Gasteiger partial charge in [0.25, 0.3) is 5.91 Å². The third kappa shape index (κ3) is 4.50. The van der Waals surface area contributed by atoms with Crippen LogP contribution in [0.4, 0.5) is 11.6 Å². The summed E-state index contributed by atoms with van der Waals surface area (Å²) in [5, 5.41) is 5.88. The number of amides is 1. The van der Waals surface area contributed by atoms with Crippen molar-refractivity contribution in [2.24, 2.45) is 0 Å². The Balaban J connectivity index is 1.76. The molecule has 0 aliphatic rings. The van der Waals surface area contributed by atoms with Crippen LogP contribution in [-0.4, -0.2) is 29.0 Å². The lowest BCUT2D eigenvalue weighted by Crippen LogP contribution is -2.27. The first-order valence-electron chi connectivity index (χ1n) is 8.71. The fourth-order valence-electron chi connectivity index (χ4n) is 2.64. The summed E-state index contributed by atoms with van der Waals surface area (Å²) in [5.41, 5.74) is 2.05. The molecule has 7 heteroatoms. The summed E-state index contributed by atoms with van der Waals surface area (Å²) < 4.78 is 4.78. The first-order chi connectivity index (χ1) is 13.6. The number of nitrogens with zero attached hydrogens (tertiary/aromatic N) is 2. The first-order valence-corrected chi connectivity index (χ1v) is 8.71. The minimum absolute atomic E-state index is 0.167. The minimum Gasteiger partial charge on any atom is -0.465 e. The van der Waals surface area contributed by atoms with E-state index in [9.17, 15) is 9.59 Å². The molecule has 142 valence electrons. The highest BCUT2D eigenvalue weighted by molar-refractivity contribution is 5.96. The molecule has 0 saturated heterocycles. The Labute approximate surface area is 162 Å². The van der Waals surface area contributed by atoms with Gasteiger partial charge in [-0.25, -0.2) is 14.8 Å². The number of para-hydroxylation sites is 1. The van der Waals surface area contributed by atoms with Gasteiger partial charge in [-0.05, 0) is 30.7 Å². The van der Waals surface area contributed by atoms with Crippen molar-refractivity contribution >= 4 is 23.5 Å². The number of hydrogen-bond donors (Lipinski definition) is 2. The largest absolute Gasteiger partial charge is 0.465 e. The summed E-state index contributed by atoms with van der Waals surface area (Å²) in [6, 6.07) is 17.9. The molecule has 1 amide bonds. The van der Waals surface area contributed by atoms with E-state index >= 15 is 0 Å². The SMILES string of the molecule is COC(=O)c1ccccc1Nc1nccc(C(=O)NC(C)c2ccccc2)n1. The highest BCUT2D eigenvalue weighted by Crippen LogP contribution is 2.19. The molecule has 0 spiro atoms. The lowest BCUT2D eigenvalue weighted by molar-refractivity contribution is 0.0601. The van der Waals surface area contributed by atoms with E-state index in [1.54, 1.807) is 24.3 Å². The molecule has 28 heavy (non-hydrogen) atoms. The second-order valence-electron chi connectivity index (χ2n) is 6.03. The monoisotopic (exact) mass is 376 g/mol. The van der Waals surface area contributed by atoms with Crippen LogP contribution in [-0.2, 0) is 4.74 Å². The number of aromatic nitrogens is 2. The van der Waals surface area contributed by atoms with Crippen LogP contribution in [0.1, 0.15) is 39.4 Å². The average molecular weight is 376 g/mol. The number of methoxy groups -OCH3 is 1. The summed E-state index contributed by atoms with van der Waals surface area (Å²) in [7, 11) is 1.31. The van der Waals surface area contributed by atoms with Gasteiger partial charge in [0.05, 0.1) is 24.4 Å². The summed E-state index contributed by atoms with van der Waals surface area (Å²) >= 11 is 0. The number of nitrogens with one attached hydrogen (secondary N) is 2. The van der Waals surface area contributed by atoms with Gasteiger partial charge in [-0.1, -0.05) is 42.5 Å². The van der Waals surface area contributed by atoms with Crippen molar-refractivity contribution in [2.45, 2.75) is 13.0 Å². The van der Waals surface area contributed by atoms with Gasteiger partial charge in [-0.2, -0.15) is 0 Å². The molecule has 1 unspecified atom stereocenters. The molecule has 3 aromatic rings. The highest BCUT2D eigenvalue weighted by atomic mass is 16.5. The molecule has 2 aromatic carbocycles. The summed E-state index contributed by atoms with van der Waals surface area (Å²) in [6.07, 6.45) is 1.48. The van der Waals surface area contributed by atoms with E-state index < -0.39 is 5.97 Å². The van der Waals surface area contributed by atoms with Gasteiger partial charge < -0.3 is 15.4 Å². The van der Waals surface area contributed by atoms with Gasteiger partial charge in [-0.15, -0.1) is 0 Å². The molecule has 0 aliphatic carbocycles. The fraction of sp³-hybridized carbons (Fsp3) is 0.143. The van der Waals surface area contributed by atoms with Crippen LogP contribution in [0.15, 0.2) is 66.9 Å². The van der Waals surface area contributed by atoms with Gasteiger partial charge in [0.1, 0.15) is 5.69 Å². The number of esters is 1. The Bertz CT molecular complexity index is 976. The quantitative estimate of drug-likeness (QED) is 0.640. The number of carbonyl (C=O) groups is 2. The van der Waals surface area contributed by atoms with Gasteiger partial charge in [0, 0.05) is 6.20 Å². The summed E-state index contributed by atoms with van der Waals surface area (Å²) in [4.78, 5) is 32.8. The Morgan fingerprint density at radius 3 is 2.46 bits per heavy atom. The molecule has 0 bridgehead atoms. The maximum Gasteiger partial charge on any atom is 0.339 e. The fourth-order valence-corrected chi connectivity index (χ4v) is 2.64. The Morgan fingerprint density at radius 2 is 1.71 bits per heavy atom. The zero-order chi connectivity index (χ0) is 19.9.